The largest absolute Gasteiger partial charge is 0.493 e. The number of benzene rings is 2. The van der Waals surface area contributed by atoms with Crippen LogP contribution in [0.15, 0.2) is 51.7 Å². The minimum atomic E-state index is -0.361. The monoisotopic (exact) mass is 282 g/mol. The van der Waals surface area contributed by atoms with E-state index in [1.807, 2.05) is 30.3 Å². The van der Waals surface area contributed by atoms with Crippen molar-refractivity contribution in [1.29, 1.82) is 0 Å². The number of nitrogen functional groups attached to an aromatic ring is 1. The predicted molar refractivity (Wildman–Crippen MR) is 79.6 cm³/mol. The summed E-state index contributed by atoms with van der Waals surface area (Å²) in [5, 5.41) is 0. The maximum atomic E-state index is 12.1. The highest BCUT2D eigenvalue weighted by molar-refractivity contribution is 5.76. The first-order valence-electron chi connectivity index (χ1n) is 6.83. The predicted octanol–water partition coefficient (Wildman–Crippen LogP) is 2.35. The molecule has 5 heteroatoms. The van der Waals surface area contributed by atoms with E-state index in [1.54, 1.807) is 16.7 Å². The first-order valence-corrected chi connectivity index (χ1v) is 6.83. The van der Waals surface area contributed by atoms with Crippen molar-refractivity contribution in [2.24, 2.45) is 0 Å². The van der Waals surface area contributed by atoms with E-state index < -0.39 is 0 Å². The van der Waals surface area contributed by atoms with E-state index in [9.17, 15) is 4.79 Å². The summed E-state index contributed by atoms with van der Waals surface area (Å²) in [6.45, 7) is 1.11. The highest BCUT2D eigenvalue weighted by Gasteiger charge is 2.25. The first-order chi connectivity index (χ1) is 10.2. The van der Waals surface area contributed by atoms with Crippen molar-refractivity contribution >= 4 is 16.8 Å². The van der Waals surface area contributed by atoms with E-state index in [1.165, 1.54) is 0 Å². The average Bonchev–Trinajstić information content (AvgIpc) is 3.01. The molecule has 106 valence electrons. The van der Waals surface area contributed by atoms with Gasteiger partial charge in [-0.05, 0) is 18.2 Å². The van der Waals surface area contributed by atoms with Gasteiger partial charge in [-0.25, -0.2) is 4.79 Å². The number of hydrogen-bond acceptors (Lipinski definition) is 4. The second-order valence-corrected chi connectivity index (χ2v) is 5.25. The van der Waals surface area contributed by atoms with Gasteiger partial charge in [0.1, 0.15) is 5.75 Å². The van der Waals surface area contributed by atoms with Crippen molar-refractivity contribution in [2.75, 3.05) is 12.3 Å². The van der Waals surface area contributed by atoms with Crippen LogP contribution in [0.2, 0.25) is 0 Å². The van der Waals surface area contributed by atoms with Gasteiger partial charge in [0.25, 0.3) is 0 Å². The molecule has 1 aromatic heterocycles. The van der Waals surface area contributed by atoms with Gasteiger partial charge in [0.2, 0.25) is 0 Å². The summed E-state index contributed by atoms with van der Waals surface area (Å²) in [6.07, 6.45) is 0. The van der Waals surface area contributed by atoms with Gasteiger partial charge < -0.3 is 14.9 Å². The number of nitrogens with two attached hydrogens (primary N) is 1. The number of para-hydroxylation sites is 1. The standard InChI is InChI=1S/C16H14N2O3/c17-11-5-6-13-15(7-11)21-16(19)18(13)8-10-9-20-14-4-2-1-3-12(10)14/h1-7,10H,8-9,17H2. The molecule has 0 saturated heterocycles. The molecule has 4 rings (SSSR count). The Hall–Kier alpha value is -2.69. The fourth-order valence-electron chi connectivity index (χ4n) is 2.86. The van der Waals surface area contributed by atoms with Crippen LogP contribution in [-0.4, -0.2) is 11.2 Å². The molecule has 3 aromatic rings. The van der Waals surface area contributed by atoms with E-state index in [-0.39, 0.29) is 11.7 Å². The molecule has 1 unspecified atom stereocenters. The number of hydrogen-bond donors (Lipinski definition) is 1. The van der Waals surface area contributed by atoms with Gasteiger partial charge in [-0.1, -0.05) is 18.2 Å². The fraction of sp³-hybridized carbons (Fsp3) is 0.188. The van der Waals surface area contributed by atoms with Crippen LogP contribution in [0.5, 0.6) is 5.75 Å². The van der Waals surface area contributed by atoms with Crippen LogP contribution in [0, 0.1) is 0 Å². The van der Waals surface area contributed by atoms with Crippen molar-refractivity contribution in [2.45, 2.75) is 12.5 Å². The lowest BCUT2D eigenvalue weighted by Crippen LogP contribution is -2.19. The molecule has 1 atom stereocenters. The fourth-order valence-corrected chi connectivity index (χ4v) is 2.86. The molecule has 0 saturated carbocycles. The number of nitrogens with zero attached hydrogens (tertiary/aromatic N) is 1. The summed E-state index contributed by atoms with van der Waals surface area (Å²) in [6, 6.07) is 13.2. The number of oxazole rings is 1. The minimum absolute atomic E-state index is 0.150. The molecular weight excluding hydrogens is 268 g/mol. The van der Waals surface area contributed by atoms with Gasteiger partial charge in [-0.15, -0.1) is 0 Å². The number of fused-ring (bicyclic) bond motifs is 2. The van der Waals surface area contributed by atoms with E-state index in [4.69, 9.17) is 14.9 Å². The molecule has 2 N–H and O–H groups in total. The normalized spacial score (nSPS) is 16.9. The van der Waals surface area contributed by atoms with Crippen molar-refractivity contribution in [3.63, 3.8) is 0 Å². The Morgan fingerprint density at radius 1 is 1.24 bits per heavy atom. The minimum Gasteiger partial charge on any atom is -0.493 e. The Kier molecular flexibility index (Phi) is 2.54. The Morgan fingerprint density at radius 2 is 2.10 bits per heavy atom. The molecule has 0 amide bonds. The van der Waals surface area contributed by atoms with E-state index >= 15 is 0 Å². The number of ether oxygens (including phenoxy) is 1. The summed E-state index contributed by atoms with van der Waals surface area (Å²) in [4.78, 5) is 12.1. The third-order valence-electron chi connectivity index (χ3n) is 3.89. The van der Waals surface area contributed by atoms with Gasteiger partial charge in [0.15, 0.2) is 5.58 Å². The lowest BCUT2D eigenvalue weighted by Gasteiger charge is -2.09. The van der Waals surface area contributed by atoms with Crippen LogP contribution >= 0.6 is 0 Å². The van der Waals surface area contributed by atoms with E-state index in [2.05, 4.69) is 0 Å². The molecule has 2 aromatic carbocycles. The number of anilines is 1. The topological polar surface area (TPSA) is 70.4 Å². The van der Waals surface area contributed by atoms with Crippen LogP contribution in [0.25, 0.3) is 11.1 Å². The third kappa shape index (κ3) is 1.89. The lowest BCUT2D eigenvalue weighted by atomic mass is 10.0. The summed E-state index contributed by atoms with van der Waals surface area (Å²) in [5.74, 6) is 0.685. The number of rotatable bonds is 2. The first kappa shape index (κ1) is 12.1. The summed E-state index contributed by atoms with van der Waals surface area (Å²) in [7, 11) is 0. The van der Waals surface area contributed by atoms with E-state index in [0.717, 1.165) is 16.8 Å². The van der Waals surface area contributed by atoms with Crippen LogP contribution in [0.1, 0.15) is 11.5 Å². The van der Waals surface area contributed by atoms with Crippen LogP contribution in [-0.2, 0) is 6.54 Å². The van der Waals surface area contributed by atoms with Crippen molar-refractivity contribution in [1.82, 2.24) is 4.57 Å². The Labute approximate surface area is 120 Å². The van der Waals surface area contributed by atoms with Crippen LogP contribution < -0.4 is 16.2 Å². The zero-order valence-corrected chi connectivity index (χ0v) is 11.3. The Balaban J connectivity index is 1.76. The molecule has 21 heavy (non-hydrogen) atoms. The molecule has 0 bridgehead atoms. The zero-order valence-electron chi connectivity index (χ0n) is 11.3. The summed E-state index contributed by atoms with van der Waals surface area (Å²) < 4.78 is 12.6. The molecular formula is C16H14N2O3. The maximum Gasteiger partial charge on any atom is 0.419 e. The maximum absolute atomic E-state index is 12.1. The highest BCUT2D eigenvalue weighted by Crippen LogP contribution is 2.34. The third-order valence-corrected chi connectivity index (χ3v) is 3.89. The van der Waals surface area contributed by atoms with Gasteiger partial charge >= 0.3 is 5.76 Å². The smallest absolute Gasteiger partial charge is 0.419 e. The van der Waals surface area contributed by atoms with Crippen LogP contribution in [0.4, 0.5) is 5.69 Å². The van der Waals surface area contributed by atoms with Gasteiger partial charge in [0.05, 0.1) is 12.1 Å². The Bertz CT molecular complexity index is 879. The Morgan fingerprint density at radius 3 is 3.00 bits per heavy atom. The van der Waals surface area contributed by atoms with Crippen molar-refractivity contribution in [3.05, 3.63) is 58.6 Å². The quantitative estimate of drug-likeness (QED) is 0.732. The highest BCUT2D eigenvalue weighted by atomic mass is 16.5. The molecule has 0 fully saturated rings. The van der Waals surface area contributed by atoms with Crippen molar-refractivity contribution in [3.8, 4) is 5.75 Å². The van der Waals surface area contributed by atoms with Crippen molar-refractivity contribution < 1.29 is 9.15 Å². The molecule has 0 spiro atoms. The SMILES string of the molecule is Nc1ccc2c(c1)oc(=O)n2CC1COc2ccccc21. The van der Waals surface area contributed by atoms with Gasteiger partial charge in [-0.3, -0.25) is 4.57 Å². The molecule has 5 nitrogen and oxygen atoms in total. The molecule has 1 aliphatic heterocycles. The zero-order chi connectivity index (χ0) is 14.4. The summed E-state index contributed by atoms with van der Waals surface area (Å²) >= 11 is 0. The molecule has 0 aliphatic carbocycles. The molecule has 1 aliphatic rings. The second kappa shape index (κ2) is 4.41. The van der Waals surface area contributed by atoms with Gasteiger partial charge in [0, 0.05) is 29.8 Å². The second-order valence-electron chi connectivity index (χ2n) is 5.25. The molecule has 0 radical (unpaired) electrons. The van der Waals surface area contributed by atoms with Gasteiger partial charge in [-0.2, -0.15) is 0 Å². The van der Waals surface area contributed by atoms with E-state index in [0.29, 0.717) is 24.4 Å². The molecule has 2 heterocycles. The summed E-state index contributed by atoms with van der Waals surface area (Å²) in [5.41, 5.74) is 8.72. The van der Waals surface area contributed by atoms with Crippen LogP contribution in [0.3, 0.4) is 0 Å². The average molecular weight is 282 g/mol. The number of aromatic nitrogens is 1. The lowest BCUT2D eigenvalue weighted by molar-refractivity contribution is 0.316.